The van der Waals surface area contributed by atoms with Crippen LogP contribution in [0.15, 0.2) is 12.2 Å². The summed E-state index contributed by atoms with van der Waals surface area (Å²) in [5, 5.41) is 13.6. The number of phosphoric acid groups is 1. The standard InChI is InChI=1S/C53H107N2O6P/c1-6-8-10-12-13-14-15-16-17-18-19-20-21-22-23-24-25-26-27-28-29-30-31-32-33-34-35-36-37-38-39-40-41-43-45-47-53(57)54-51(52(56)46-44-42-11-9-7-2)50-61-62(58,59)60-49-48-55(3,4)5/h44,46,51-52,56H,6-43,45,47-50H2,1-5H3,(H-,54,57,58,59)/p+1/b46-44+. The molecule has 1 amide bonds. The van der Waals surface area contributed by atoms with Gasteiger partial charge in [-0.15, -0.1) is 0 Å². The van der Waals surface area contributed by atoms with Crippen molar-refractivity contribution >= 4 is 13.7 Å². The van der Waals surface area contributed by atoms with E-state index in [9.17, 15) is 19.4 Å². The lowest BCUT2D eigenvalue weighted by atomic mass is 10.0. The fraction of sp³-hybridized carbons (Fsp3) is 0.943. The molecule has 0 heterocycles. The van der Waals surface area contributed by atoms with Crippen LogP contribution in [0, 0.1) is 0 Å². The van der Waals surface area contributed by atoms with Crippen LogP contribution >= 0.6 is 7.82 Å². The van der Waals surface area contributed by atoms with Crippen molar-refractivity contribution < 1.29 is 32.9 Å². The molecule has 8 nitrogen and oxygen atoms in total. The van der Waals surface area contributed by atoms with Gasteiger partial charge in [0.15, 0.2) is 0 Å². The highest BCUT2D eigenvalue weighted by Crippen LogP contribution is 2.43. The molecule has 0 bridgehead atoms. The fourth-order valence-corrected chi connectivity index (χ4v) is 8.96. The molecule has 0 saturated heterocycles. The van der Waals surface area contributed by atoms with Crippen LogP contribution in [-0.2, 0) is 18.4 Å². The molecule has 0 aliphatic rings. The summed E-state index contributed by atoms with van der Waals surface area (Å²) >= 11 is 0. The first-order valence-corrected chi connectivity index (χ1v) is 28.6. The van der Waals surface area contributed by atoms with Gasteiger partial charge in [-0.2, -0.15) is 0 Å². The maximum Gasteiger partial charge on any atom is 0.472 e. The molecule has 62 heavy (non-hydrogen) atoms. The normalized spacial score (nSPS) is 14.1. The molecule has 3 N–H and O–H groups in total. The van der Waals surface area contributed by atoms with Gasteiger partial charge < -0.3 is 19.8 Å². The Kier molecular flexibility index (Phi) is 44.8. The van der Waals surface area contributed by atoms with Crippen molar-refractivity contribution in [3.8, 4) is 0 Å². The summed E-state index contributed by atoms with van der Waals surface area (Å²) in [5.41, 5.74) is 0. The minimum atomic E-state index is -4.32. The number of allylic oxidation sites excluding steroid dienone is 1. The van der Waals surface area contributed by atoms with Crippen LogP contribution in [0.4, 0.5) is 0 Å². The number of aliphatic hydroxyl groups is 1. The largest absolute Gasteiger partial charge is 0.472 e. The van der Waals surface area contributed by atoms with Crippen molar-refractivity contribution in [3.05, 3.63) is 12.2 Å². The highest BCUT2D eigenvalue weighted by Gasteiger charge is 2.27. The van der Waals surface area contributed by atoms with Crippen molar-refractivity contribution in [2.45, 2.75) is 283 Å². The van der Waals surface area contributed by atoms with E-state index in [4.69, 9.17) is 9.05 Å². The Labute approximate surface area is 386 Å². The summed E-state index contributed by atoms with van der Waals surface area (Å²) in [6, 6.07) is -0.838. The third-order valence-electron chi connectivity index (χ3n) is 12.5. The molecule has 3 unspecified atom stereocenters. The number of hydrogen-bond donors (Lipinski definition) is 3. The predicted octanol–water partition coefficient (Wildman–Crippen LogP) is 15.9. The van der Waals surface area contributed by atoms with E-state index in [1.165, 1.54) is 205 Å². The number of nitrogens with one attached hydrogen (secondary N) is 1. The molecule has 0 aromatic rings. The van der Waals surface area contributed by atoms with E-state index in [1.54, 1.807) is 6.08 Å². The highest BCUT2D eigenvalue weighted by molar-refractivity contribution is 7.47. The van der Waals surface area contributed by atoms with Gasteiger partial charge in [0.25, 0.3) is 0 Å². The lowest BCUT2D eigenvalue weighted by Crippen LogP contribution is -2.45. The van der Waals surface area contributed by atoms with Crippen molar-refractivity contribution in [3.63, 3.8) is 0 Å². The third-order valence-corrected chi connectivity index (χ3v) is 13.5. The van der Waals surface area contributed by atoms with Gasteiger partial charge in [0.2, 0.25) is 5.91 Å². The lowest BCUT2D eigenvalue weighted by molar-refractivity contribution is -0.870. The van der Waals surface area contributed by atoms with Gasteiger partial charge in [0, 0.05) is 6.42 Å². The number of unbranched alkanes of at least 4 members (excludes halogenated alkanes) is 37. The summed E-state index contributed by atoms with van der Waals surface area (Å²) < 4.78 is 23.4. The molecular weight excluding hydrogens is 792 g/mol. The highest BCUT2D eigenvalue weighted by atomic mass is 31.2. The topological polar surface area (TPSA) is 105 Å². The van der Waals surface area contributed by atoms with E-state index in [2.05, 4.69) is 19.2 Å². The number of amides is 1. The van der Waals surface area contributed by atoms with E-state index in [0.717, 1.165) is 44.9 Å². The zero-order valence-corrected chi connectivity index (χ0v) is 43.0. The van der Waals surface area contributed by atoms with E-state index in [0.29, 0.717) is 17.4 Å². The van der Waals surface area contributed by atoms with Gasteiger partial charge in [-0.3, -0.25) is 13.8 Å². The van der Waals surface area contributed by atoms with Crippen LogP contribution in [0.25, 0.3) is 0 Å². The van der Waals surface area contributed by atoms with Crippen molar-refractivity contribution in [2.24, 2.45) is 0 Å². The molecule has 9 heteroatoms. The number of quaternary nitrogens is 1. The summed E-state index contributed by atoms with van der Waals surface area (Å²) in [4.78, 5) is 23.0. The summed E-state index contributed by atoms with van der Waals surface area (Å²) in [6.07, 6.45) is 55.3. The van der Waals surface area contributed by atoms with Crippen LogP contribution in [0.5, 0.6) is 0 Å². The number of rotatable bonds is 50. The van der Waals surface area contributed by atoms with Crippen LogP contribution in [0.1, 0.15) is 271 Å². The average Bonchev–Trinajstić information content (AvgIpc) is 3.23. The van der Waals surface area contributed by atoms with Crippen molar-refractivity contribution in [2.75, 3.05) is 40.9 Å². The number of carbonyl (C=O) groups is 1. The first-order valence-electron chi connectivity index (χ1n) is 27.1. The Balaban J connectivity index is 3.69. The average molecular weight is 900 g/mol. The molecule has 0 spiro atoms. The number of hydrogen-bond acceptors (Lipinski definition) is 5. The number of likely N-dealkylation sites (N-methyl/N-ethyl adjacent to an activating group) is 1. The van der Waals surface area contributed by atoms with Crippen molar-refractivity contribution in [1.29, 1.82) is 0 Å². The molecule has 0 radical (unpaired) electrons. The van der Waals surface area contributed by atoms with Gasteiger partial charge >= 0.3 is 7.82 Å². The Bertz CT molecular complexity index is 1020. The maximum absolute atomic E-state index is 12.8. The molecular formula is C53H108N2O6P+. The van der Waals surface area contributed by atoms with Crippen molar-refractivity contribution in [1.82, 2.24) is 5.32 Å². The second-order valence-corrected chi connectivity index (χ2v) is 21.4. The molecule has 3 atom stereocenters. The van der Waals surface area contributed by atoms with E-state index < -0.39 is 20.0 Å². The Morgan fingerprint density at radius 2 is 0.855 bits per heavy atom. The maximum atomic E-state index is 12.8. The molecule has 0 saturated carbocycles. The second-order valence-electron chi connectivity index (χ2n) is 20.0. The minimum absolute atomic E-state index is 0.0634. The smallest absolute Gasteiger partial charge is 0.387 e. The van der Waals surface area contributed by atoms with Gasteiger partial charge in [0.05, 0.1) is 39.9 Å². The van der Waals surface area contributed by atoms with Crippen LogP contribution in [0.3, 0.4) is 0 Å². The predicted molar refractivity (Wildman–Crippen MR) is 268 cm³/mol. The zero-order chi connectivity index (χ0) is 45.7. The first kappa shape index (κ1) is 61.2. The summed E-state index contributed by atoms with van der Waals surface area (Å²) in [7, 11) is 1.58. The van der Waals surface area contributed by atoms with E-state index >= 15 is 0 Å². The SMILES string of the molecule is CCCCC/C=C/C(O)C(COP(=O)(O)OCC[N+](C)(C)C)NC(=O)CCCCCCCCCCCCCCCCCCCCCCCCCCCCCCCCCCCCC. The molecule has 370 valence electrons. The first-order chi connectivity index (χ1) is 30.0. The molecule has 0 rings (SSSR count). The number of aliphatic hydroxyl groups excluding tert-OH is 1. The summed E-state index contributed by atoms with van der Waals surface area (Å²) in [5.74, 6) is -0.179. The zero-order valence-electron chi connectivity index (χ0n) is 42.1. The molecule has 0 aromatic heterocycles. The van der Waals surface area contributed by atoms with E-state index in [-0.39, 0.29) is 19.1 Å². The van der Waals surface area contributed by atoms with Gasteiger partial charge in [0.1, 0.15) is 13.2 Å². The van der Waals surface area contributed by atoms with Gasteiger partial charge in [-0.25, -0.2) is 4.57 Å². The van der Waals surface area contributed by atoms with Crippen LogP contribution in [0.2, 0.25) is 0 Å². The molecule has 0 aromatic carbocycles. The molecule has 0 aliphatic carbocycles. The molecule has 0 fully saturated rings. The Morgan fingerprint density at radius 1 is 0.532 bits per heavy atom. The lowest BCUT2D eigenvalue weighted by Gasteiger charge is -2.25. The van der Waals surface area contributed by atoms with Crippen LogP contribution < -0.4 is 5.32 Å². The third kappa shape index (κ3) is 47.2. The summed E-state index contributed by atoms with van der Waals surface area (Å²) in [6.45, 7) is 4.73. The quantitative estimate of drug-likeness (QED) is 0.0243. The van der Waals surface area contributed by atoms with Crippen LogP contribution in [-0.4, -0.2) is 73.4 Å². The Hall–Kier alpha value is -0.760. The van der Waals surface area contributed by atoms with Gasteiger partial charge in [-0.05, 0) is 19.3 Å². The number of carbonyl (C=O) groups excluding carboxylic acids is 1. The monoisotopic (exact) mass is 900 g/mol. The Morgan fingerprint density at radius 3 is 1.19 bits per heavy atom. The second kappa shape index (κ2) is 45.4. The number of phosphoric ester groups is 1. The molecule has 0 aliphatic heterocycles. The minimum Gasteiger partial charge on any atom is -0.387 e. The fourth-order valence-electron chi connectivity index (χ4n) is 8.22. The van der Waals surface area contributed by atoms with E-state index in [1.807, 2.05) is 27.2 Å². The number of nitrogens with zero attached hydrogens (tertiary/aromatic N) is 1. The van der Waals surface area contributed by atoms with Gasteiger partial charge in [-0.1, -0.05) is 257 Å².